The first-order chi connectivity index (χ1) is 9.56. The molecule has 0 bridgehead atoms. The minimum atomic E-state index is -0.776. The predicted molar refractivity (Wildman–Crippen MR) is 69.8 cm³/mol. The number of carbonyl (C=O) groups is 2. The average Bonchev–Trinajstić information content (AvgIpc) is 2.45. The fourth-order valence-corrected chi connectivity index (χ4v) is 1.72. The van der Waals surface area contributed by atoms with Crippen LogP contribution in [0.5, 0.6) is 0 Å². The molecule has 2 aromatic rings. The van der Waals surface area contributed by atoms with E-state index in [0.717, 1.165) is 0 Å². The molecule has 1 aromatic heterocycles. The van der Waals surface area contributed by atoms with Gasteiger partial charge >= 0.3 is 17.6 Å². The van der Waals surface area contributed by atoms with Crippen LogP contribution >= 0.6 is 0 Å². The monoisotopic (exact) mass is 276 g/mol. The van der Waals surface area contributed by atoms with Gasteiger partial charge in [0, 0.05) is 5.39 Å². The molecule has 0 atom stereocenters. The van der Waals surface area contributed by atoms with Gasteiger partial charge in [0.1, 0.15) is 11.1 Å². The summed E-state index contributed by atoms with van der Waals surface area (Å²) in [6.07, 6.45) is 0. The van der Waals surface area contributed by atoms with E-state index in [4.69, 9.17) is 9.15 Å². The standard InChI is InChI=1S/C14H12O6/c1-3-19-13(16)10-7-9-6-8(12(15)18-2)4-5-11(9)20-14(10)17/h4-7H,3H2,1-2H3. The van der Waals surface area contributed by atoms with Gasteiger partial charge in [-0.05, 0) is 31.2 Å². The zero-order valence-corrected chi connectivity index (χ0v) is 11.0. The van der Waals surface area contributed by atoms with E-state index in [1.807, 2.05) is 0 Å². The van der Waals surface area contributed by atoms with Crippen LogP contribution in [0.25, 0.3) is 11.0 Å². The van der Waals surface area contributed by atoms with Crippen LogP contribution in [0.3, 0.4) is 0 Å². The number of fused-ring (bicyclic) bond motifs is 1. The molecular formula is C14H12O6. The Morgan fingerprint density at radius 2 is 1.95 bits per heavy atom. The highest BCUT2D eigenvalue weighted by Gasteiger charge is 2.15. The lowest BCUT2D eigenvalue weighted by atomic mass is 10.1. The Morgan fingerprint density at radius 1 is 1.20 bits per heavy atom. The van der Waals surface area contributed by atoms with E-state index in [9.17, 15) is 14.4 Å². The zero-order chi connectivity index (χ0) is 14.7. The summed E-state index contributed by atoms with van der Waals surface area (Å²) < 4.78 is 14.4. The van der Waals surface area contributed by atoms with Crippen molar-refractivity contribution in [2.24, 2.45) is 0 Å². The van der Waals surface area contributed by atoms with Gasteiger partial charge in [-0.3, -0.25) is 0 Å². The first-order valence-electron chi connectivity index (χ1n) is 5.90. The number of hydrogen-bond acceptors (Lipinski definition) is 6. The van der Waals surface area contributed by atoms with Crippen LogP contribution in [0.1, 0.15) is 27.6 Å². The number of ether oxygens (including phenoxy) is 2. The molecule has 0 spiro atoms. The molecule has 0 amide bonds. The maximum absolute atomic E-state index is 11.7. The highest BCUT2D eigenvalue weighted by molar-refractivity contribution is 5.96. The minimum absolute atomic E-state index is 0.151. The van der Waals surface area contributed by atoms with Crippen molar-refractivity contribution in [1.29, 1.82) is 0 Å². The van der Waals surface area contributed by atoms with Crippen molar-refractivity contribution < 1.29 is 23.5 Å². The summed E-state index contributed by atoms with van der Waals surface area (Å²) in [5, 5.41) is 0.440. The molecule has 2 rings (SSSR count). The van der Waals surface area contributed by atoms with Crippen LogP contribution in [0.2, 0.25) is 0 Å². The second kappa shape index (κ2) is 5.56. The van der Waals surface area contributed by atoms with Gasteiger partial charge < -0.3 is 13.9 Å². The largest absolute Gasteiger partial charge is 0.465 e. The number of esters is 2. The Labute approximate surface area is 113 Å². The lowest BCUT2D eigenvalue weighted by molar-refractivity contribution is 0.0521. The van der Waals surface area contributed by atoms with Crippen molar-refractivity contribution in [3.63, 3.8) is 0 Å². The zero-order valence-electron chi connectivity index (χ0n) is 11.0. The van der Waals surface area contributed by atoms with Gasteiger partial charge in [-0.2, -0.15) is 0 Å². The maximum Gasteiger partial charge on any atom is 0.351 e. The van der Waals surface area contributed by atoms with Crippen LogP contribution in [-0.2, 0) is 9.47 Å². The van der Waals surface area contributed by atoms with E-state index in [-0.39, 0.29) is 17.8 Å². The van der Waals surface area contributed by atoms with Crippen molar-refractivity contribution in [1.82, 2.24) is 0 Å². The van der Waals surface area contributed by atoms with E-state index in [2.05, 4.69) is 4.74 Å². The molecule has 0 aliphatic carbocycles. The fourth-order valence-electron chi connectivity index (χ4n) is 1.72. The Hall–Kier alpha value is -2.63. The number of carbonyl (C=O) groups excluding carboxylic acids is 2. The van der Waals surface area contributed by atoms with Crippen LogP contribution in [0, 0.1) is 0 Å². The lowest BCUT2D eigenvalue weighted by Crippen LogP contribution is -2.16. The third-order valence-electron chi connectivity index (χ3n) is 2.65. The average molecular weight is 276 g/mol. The smallest absolute Gasteiger partial charge is 0.351 e. The SMILES string of the molecule is CCOC(=O)c1cc2cc(C(=O)OC)ccc2oc1=O. The van der Waals surface area contributed by atoms with Gasteiger partial charge in [-0.1, -0.05) is 0 Å². The predicted octanol–water partition coefficient (Wildman–Crippen LogP) is 1.76. The normalized spacial score (nSPS) is 10.3. The molecule has 0 saturated heterocycles. The van der Waals surface area contributed by atoms with Crippen LogP contribution in [0.15, 0.2) is 33.5 Å². The summed E-state index contributed by atoms with van der Waals surface area (Å²) in [4.78, 5) is 34.7. The summed E-state index contributed by atoms with van der Waals surface area (Å²) in [6.45, 7) is 1.79. The summed E-state index contributed by atoms with van der Waals surface area (Å²) in [5.41, 5.74) is -0.414. The summed E-state index contributed by atoms with van der Waals surface area (Å²) in [5.74, 6) is -1.28. The van der Waals surface area contributed by atoms with Crippen LogP contribution in [0.4, 0.5) is 0 Å². The third kappa shape index (κ3) is 2.54. The minimum Gasteiger partial charge on any atom is -0.465 e. The van der Waals surface area contributed by atoms with Crippen LogP contribution < -0.4 is 5.63 Å². The van der Waals surface area contributed by atoms with Crippen molar-refractivity contribution >= 4 is 22.9 Å². The second-order valence-corrected chi connectivity index (χ2v) is 3.91. The third-order valence-corrected chi connectivity index (χ3v) is 2.65. The summed E-state index contributed by atoms with van der Waals surface area (Å²) >= 11 is 0. The molecule has 0 unspecified atom stereocenters. The molecule has 0 N–H and O–H groups in total. The van der Waals surface area contributed by atoms with Crippen molar-refractivity contribution in [2.75, 3.05) is 13.7 Å². The topological polar surface area (TPSA) is 82.8 Å². The van der Waals surface area contributed by atoms with Gasteiger partial charge in [-0.25, -0.2) is 14.4 Å². The molecule has 104 valence electrons. The van der Waals surface area contributed by atoms with Gasteiger partial charge in [0.2, 0.25) is 0 Å². The first-order valence-corrected chi connectivity index (χ1v) is 5.90. The maximum atomic E-state index is 11.7. The molecule has 20 heavy (non-hydrogen) atoms. The number of rotatable bonds is 3. The number of methoxy groups -OCH3 is 1. The van der Waals surface area contributed by atoms with Gasteiger partial charge in [-0.15, -0.1) is 0 Å². The molecule has 6 nitrogen and oxygen atoms in total. The molecule has 1 heterocycles. The van der Waals surface area contributed by atoms with E-state index in [1.54, 1.807) is 6.92 Å². The fraction of sp³-hybridized carbons (Fsp3) is 0.214. The van der Waals surface area contributed by atoms with Gasteiger partial charge in [0.25, 0.3) is 0 Å². The second-order valence-electron chi connectivity index (χ2n) is 3.91. The number of benzene rings is 1. The van der Waals surface area contributed by atoms with Crippen LogP contribution in [-0.4, -0.2) is 25.7 Å². The van der Waals surface area contributed by atoms with Gasteiger partial charge in [0.05, 0.1) is 19.3 Å². The molecule has 0 aliphatic heterocycles. The Morgan fingerprint density at radius 3 is 2.60 bits per heavy atom. The highest BCUT2D eigenvalue weighted by atomic mass is 16.5. The highest BCUT2D eigenvalue weighted by Crippen LogP contribution is 2.16. The summed E-state index contributed by atoms with van der Waals surface area (Å²) in [6, 6.07) is 5.76. The molecule has 0 fully saturated rings. The van der Waals surface area contributed by atoms with Crippen molar-refractivity contribution in [3.8, 4) is 0 Å². The molecular weight excluding hydrogens is 264 g/mol. The first kappa shape index (κ1) is 13.8. The van der Waals surface area contributed by atoms with E-state index in [1.165, 1.54) is 31.4 Å². The Balaban J connectivity index is 2.57. The van der Waals surface area contributed by atoms with E-state index in [0.29, 0.717) is 10.9 Å². The number of hydrogen-bond donors (Lipinski definition) is 0. The Bertz CT molecular complexity index is 728. The Kier molecular flexibility index (Phi) is 3.84. The van der Waals surface area contributed by atoms with Crippen molar-refractivity contribution in [3.05, 3.63) is 45.8 Å². The quantitative estimate of drug-likeness (QED) is 0.627. The molecule has 0 saturated carbocycles. The molecule has 6 heteroatoms. The van der Waals surface area contributed by atoms with Crippen molar-refractivity contribution in [2.45, 2.75) is 6.92 Å². The van der Waals surface area contributed by atoms with E-state index >= 15 is 0 Å². The molecule has 0 aliphatic rings. The lowest BCUT2D eigenvalue weighted by Gasteiger charge is -2.04. The molecule has 0 radical (unpaired) electrons. The molecule has 1 aromatic carbocycles. The van der Waals surface area contributed by atoms with Gasteiger partial charge in [0.15, 0.2) is 0 Å². The summed E-state index contributed by atoms with van der Waals surface area (Å²) in [7, 11) is 1.27. The van der Waals surface area contributed by atoms with E-state index < -0.39 is 17.6 Å².